The highest BCUT2D eigenvalue weighted by Gasteiger charge is 2.36. The average molecular weight is 695 g/mol. The van der Waals surface area contributed by atoms with Crippen molar-refractivity contribution in [2.75, 3.05) is 13.4 Å². The van der Waals surface area contributed by atoms with Crippen LogP contribution in [0.3, 0.4) is 0 Å². The van der Waals surface area contributed by atoms with E-state index in [-0.39, 0.29) is 30.5 Å². The molecule has 10 nitrogen and oxygen atoms in total. The molecule has 2 aliphatic rings. The van der Waals surface area contributed by atoms with E-state index >= 15 is 0 Å². The summed E-state index contributed by atoms with van der Waals surface area (Å²) in [5.41, 5.74) is 1.98. The summed E-state index contributed by atoms with van der Waals surface area (Å²) in [6.07, 6.45) is 1.64. The lowest BCUT2D eigenvalue weighted by Crippen LogP contribution is -2.27. The molecule has 0 atom stereocenters. The number of carbonyl (C=O) groups is 2. The second kappa shape index (κ2) is 11.9. The van der Waals surface area contributed by atoms with E-state index in [9.17, 15) is 19.7 Å². The predicted octanol–water partition coefficient (Wildman–Crippen LogP) is 6.80. The van der Waals surface area contributed by atoms with Gasteiger partial charge in [-0.15, -0.1) is 0 Å². The Morgan fingerprint density at radius 3 is 2.55 bits per heavy atom. The molecule has 0 radical (unpaired) electrons. The number of halogens is 2. The third-order valence-corrected chi connectivity index (χ3v) is 7.96. The molecule has 2 amide bonds. The lowest BCUT2D eigenvalue weighted by atomic mass is 10.1. The molecule has 0 spiro atoms. The lowest BCUT2D eigenvalue weighted by Gasteiger charge is -2.15. The topological polar surface area (TPSA) is 117 Å². The first-order valence-electron chi connectivity index (χ1n) is 11.9. The van der Waals surface area contributed by atoms with Gasteiger partial charge in [-0.2, -0.15) is 0 Å². The Kier molecular flexibility index (Phi) is 8.38. The molecule has 1 fully saturated rings. The number of carbonyl (C=O) groups excluding carboxylic acids is 2. The van der Waals surface area contributed by atoms with Gasteiger partial charge in [0, 0.05) is 23.2 Å². The fourth-order valence-electron chi connectivity index (χ4n) is 3.98. The van der Waals surface area contributed by atoms with E-state index in [1.165, 1.54) is 12.1 Å². The summed E-state index contributed by atoms with van der Waals surface area (Å²) in [6.45, 7) is 2.47. The van der Waals surface area contributed by atoms with Gasteiger partial charge in [0.25, 0.3) is 16.8 Å². The molecule has 13 heteroatoms. The van der Waals surface area contributed by atoms with Gasteiger partial charge in [-0.1, -0.05) is 11.6 Å². The minimum atomic E-state index is -0.458. The number of amides is 2. The maximum atomic E-state index is 13.2. The quantitative estimate of drug-likeness (QED) is 0.103. The highest BCUT2D eigenvalue weighted by Crippen LogP contribution is 2.41. The highest BCUT2D eigenvalue weighted by molar-refractivity contribution is 14.1. The number of benzene rings is 3. The monoisotopic (exact) mass is 694 g/mol. The standard InChI is InChI=1S/C27H20ClIN2O8S/c1-2-36-23-8-16(7-20(29)25(23)37-13-15-3-5-18(6-4-15)31(34)35)9-24-26(32)30(27(33)40-24)12-17-10-21-22(11-19(17)28)39-14-38-21/h3-11H,2,12-14H2,1H3/b24-9+. The largest absolute Gasteiger partial charge is 0.490 e. The number of imide groups is 1. The number of hydrogen-bond donors (Lipinski definition) is 0. The molecule has 40 heavy (non-hydrogen) atoms. The average Bonchev–Trinajstić information content (AvgIpc) is 3.47. The maximum absolute atomic E-state index is 13.2. The molecule has 0 aromatic heterocycles. The van der Waals surface area contributed by atoms with E-state index in [4.69, 9.17) is 30.5 Å². The second-order valence-electron chi connectivity index (χ2n) is 8.54. The number of ether oxygens (including phenoxy) is 4. The van der Waals surface area contributed by atoms with Crippen molar-refractivity contribution < 1.29 is 33.5 Å². The number of non-ortho nitro benzene ring substituents is 1. The SMILES string of the molecule is CCOc1cc(/C=C2/SC(=O)N(Cc3cc4c(cc3Cl)OCO4)C2=O)cc(I)c1OCc1ccc([N+](=O)[O-])cc1. The maximum Gasteiger partial charge on any atom is 0.293 e. The van der Waals surface area contributed by atoms with Gasteiger partial charge in [-0.25, -0.2) is 0 Å². The van der Waals surface area contributed by atoms with Gasteiger partial charge in [0.15, 0.2) is 23.0 Å². The van der Waals surface area contributed by atoms with Gasteiger partial charge in [0.1, 0.15) is 6.61 Å². The van der Waals surface area contributed by atoms with Crippen LogP contribution in [0.2, 0.25) is 5.02 Å². The fourth-order valence-corrected chi connectivity index (χ4v) is 5.81. The van der Waals surface area contributed by atoms with Crippen LogP contribution in [-0.4, -0.2) is 34.4 Å². The molecule has 0 aliphatic carbocycles. The van der Waals surface area contributed by atoms with Crippen LogP contribution < -0.4 is 18.9 Å². The number of thioether (sulfide) groups is 1. The zero-order valence-electron chi connectivity index (χ0n) is 20.8. The summed E-state index contributed by atoms with van der Waals surface area (Å²) in [5.74, 6) is 1.56. The highest BCUT2D eigenvalue weighted by atomic mass is 127. The number of rotatable bonds is 9. The lowest BCUT2D eigenvalue weighted by molar-refractivity contribution is -0.384. The normalized spacial score (nSPS) is 15.2. The van der Waals surface area contributed by atoms with Crippen LogP contribution in [-0.2, 0) is 17.9 Å². The van der Waals surface area contributed by atoms with Crippen LogP contribution >= 0.6 is 46.0 Å². The third kappa shape index (κ3) is 5.98. The summed E-state index contributed by atoms with van der Waals surface area (Å²) in [4.78, 5) is 37.8. The van der Waals surface area contributed by atoms with Gasteiger partial charge in [-0.3, -0.25) is 24.6 Å². The summed E-state index contributed by atoms with van der Waals surface area (Å²) in [7, 11) is 0. The third-order valence-electron chi connectivity index (χ3n) is 5.90. The Morgan fingerprint density at radius 2 is 1.85 bits per heavy atom. The van der Waals surface area contributed by atoms with Gasteiger partial charge in [0.2, 0.25) is 6.79 Å². The zero-order valence-corrected chi connectivity index (χ0v) is 24.6. The first kappa shape index (κ1) is 28.1. The number of nitro groups is 1. The van der Waals surface area contributed by atoms with Crippen molar-refractivity contribution >= 4 is 68.9 Å². The van der Waals surface area contributed by atoms with Crippen molar-refractivity contribution in [2.45, 2.75) is 20.1 Å². The Balaban J connectivity index is 1.34. The summed E-state index contributed by atoms with van der Waals surface area (Å²) >= 11 is 9.31. The van der Waals surface area contributed by atoms with Gasteiger partial charge < -0.3 is 18.9 Å². The number of nitrogens with zero attached hydrogens (tertiary/aromatic N) is 2. The number of nitro benzene ring substituents is 1. The zero-order chi connectivity index (χ0) is 28.4. The van der Waals surface area contributed by atoms with Crippen molar-refractivity contribution in [2.24, 2.45) is 0 Å². The molecular weight excluding hydrogens is 675 g/mol. The molecule has 0 bridgehead atoms. The van der Waals surface area contributed by atoms with Crippen molar-refractivity contribution in [3.8, 4) is 23.0 Å². The second-order valence-corrected chi connectivity index (χ2v) is 11.1. The van der Waals surface area contributed by atoms with Gasteiger partial charge in [0.05, 0.1) is 26.6 Å². The molecule has 2 aliphatic heterocycles. The Labute approximate surface area is 251 Å². The van der Waals surface area contributed by atoms with E-state index in [0.717, 1.165) is 25.8 Å². The van der Waals surface area contributed by atoms with E-state index in [1.807, 2.05) is 13.0 Å². The van der Waals surface area contributed by atoms with Gasteiger partial charge in [-0.05, 0) is 94.4 Å². The van der Waals surface area contributed by atoms with E-state index in [0.29, 0.717) is 45.8 Å². The Hall–Kier alpha value is -3.49. The summed E-state index contributed by atoms with van der Waals surface area (Å²) in [6, 6.07) is 12.9. The van der Waals surface area contributed by atoms with Crippen molar-refractivity contribution in [3.05, 3.63) is 88.8 Å². The number of fused-ring (bicyclic) bond motifs is 1. The molecule has 206 valence electrons. The Bertz CT molecular complexity index is 1550. The fraction of sp³-hybridized carbons (Fsp3) is 0.185. The summed E-state index contributed by atoms with van der Waals surface area (Å²) in [5, 5.41) is 10.9. The van der Waals surface area contributed by atoms with Crippen molar-refractivity contribution in [3.63, 3.8) is 0 Å². The first-order valence-corrected chi connectivity index (χ1v) is 14.2. The van der Waals surface area contributed by atoms with Crippen LogP contribution in [0.15, 0.2) is 53.4 Å². The van der Waals surface area contributed by atoms with Crippen molar-refractivity contribution in [1.29, 1.82) is 0 Å². The molecular formula is C27H20ClIN2O8S. The van der Waals surface area contributed by atoms with Crippen LogP contribution in [0.25, 0.3) is 6.08 Å². The van der Waals surface area contributed by atoms with Crippen LogP contribution in [0.4, 0.5) is 10.5 Å². The summed E-state index contributed by atoms with van der Waals surface area (Å²) < 4.78 is 23.2. The smallest absolute Gasteiger partial charge is 0.293 e. The number of hydrogen-bond acceptors (Lipinski definition) is 9. The molecule has 3 aromatic carbocycles. The van der Waals surface area contributed by atoms with Crippen LogP contribution in [0.1, 0.15) is 23.6 Å². The van der Waals surface area contributed by atoms with Crippen LogP contribution in [0.5, 0.6) is 23.0 Å². The molecule has 1 saturated heterocycles. The molecule has 3 aromatic rings. The van der Waals surface area contributed by atoms with E-state index in [2.05, 4.69) is 22.6 Å². The van der Waals surface area contributed by atoms with E-state index < -0.39 is 16.1 Å². The Morgan fingerprint density at radius 1 is 1.12 bits per heavy atom. The minimum Gasteiger partial charge on any atom is -0.490 e. The van der Waals surface area contributed by atoms with Crippen LogP contribution in [0, 0.1) is 13.7 Å². The molecule has 0 N–H and O–H groups in total. The molecule has 5 rings (SSSR count). The molecule has 0 saturated carbocycles. The van der Waals surface area contributed by atoms with Crippen molar-refractivity contribution in [1.82, 2.24) is 4.90 Å². The predicted molar refractivity (Wildman–Crippen MR) is 157 cm³/mol. The molecule has 2 heterocycles. The minimum absolute atomic E-state index is 0.00101. The molecule has 0 unspecified atom stereocenters. The first-order chi connectivity index (χ1) is 19.2. The van der Waals surface area contributed by atoms with Gasteiger partial charge >= 0.3 is 0 Å². The van der Waals surface area contributed by atoms with E-state index in [1.54, 1.807) is 36.4 Å².